The van der Waals surface area contributed by atoms with Gasteiger partial charge in [0, 0.05) is 25.5 Å². The second-order valence-electron chi connectivity index (χ2n) is 4.50. The highest BCUT2D eigenvalue weighted by molar-refractivity contribution is 5.93. The van der Waals surface area contributed by atoms with E-state index in [1.54, 1.807) is 11.1 Å². The molecule has 0 spiro atoms. The molecule has 0 saturated carbocycles. The van der Waals surface area contributed by atoms with Gasteiger partial charge in [-0.1, -0.05) is 0 Å². The van der Waals surface area contributed by atoms with Gasteiger partial charge in [0.05, 0.1) is 13.2 Å². The van der Waals surface area contributed by atoms with Crippen LogP contribution in [0.3, 0.4) is 0 Å². The van der Waals surface area contributed by atoms with Crippen molar-refractivity contribution in [2.75, 3.05) is 26.3 Å². The predicted molar refractivity (Wildman–Crippen MR) is 66.7 cm³/mol. The third-order valence-electron chi connectivity index (χ3n) is 3.13. The molecule has 0 atom stereocenters. The van der Waals surface area contributed by atoms with Gasteiger partial charge in [-0.25, -0.2) is 4.98 Å². The lowest BCUT2D eigenvalue weighted by atomic mass is 10.3. The van der Waals surface area contributed by atoms with Crippen molar-refractivity contribution in [2.24, 2.45) is 0 Å². The first-order valence-electron chi connectivity index (χ1n) is 6.06. The first kappa shape index (κ1) is 11.2. The summed E-state index contributed by atoms with van der Waals surface area (Å²) in [6, 6.07) is 3.97. The minimum absolute atomic E-state index is 0.0142. The first-order valence-corrected chi connectivity index (χ1v) is 6.06. The number of hydrogen-bond donors (Lipinski definition) is 0. The molecule has 3 rings (SSSR count). The molecule has 0 aromatic carbocycles. The van der Waals surface area contributed by atoms with Gasteiger partial charge in [-0.05, 0) is 24.6 Å². The lowest BCUT2D eigenvalue weighted by Crippen LogP contribution is -2.40. The number of rotatable bonds is 1. The minimum Gasteiger partial charge on any atom is -0.378 e. The van der Waals surface area contributed by atoms with Gasteiger partial charge < -0.3 is 14.0 Å². The third kappa shape index (κ3) is 1.97. The number of aromatic nitrogens is 2. The maximum Gasteiger partial charge on any atom is 0.274 e. The fraction of sp³-hybridized carbons (Fsp3) is 0.385. The summed E-state index contributed by atoms with van der Waals surface area (Å²) >= 11 is 0. The largest absolute Gasteiger partial charge is 0.378 e. The maximum atomic E-state index is 12.2. The van der Waals surface area contributed by atoms with E-state index in [1.807, 2.05) is 29.7 Å². The topological polar surface area (TPSA) is 46.8 Å². The summed E-state index contributed by atoms with van der Waals surface area (Å²) < 4.78 is 7.12. The van der Waals surface area contributed by atoms with E-state index >= 15 is 0 Å². The van der Waals surface area contributed by atoms with E-state index in [9.17, 15) is 4.79 Å². The van der Waals surface area contributed by atoms with E-state index in [0.29, 0.717) is 32.0 Å². The van der Waals surface area contributed by atoms with Gasteiger partial charge in [0.25, 0.3) is 5.91 Å². The van der Waals surface area contributed by atoms with Crippen molar-refractivity contribution in [1.29, 1.82) is 0 Å². The highest BCUT2D eigenvalue weighted by atomic mass is 16.5. The highest BCUT2D eigenvalue weighted by Crippen LogP contribution is 2.10. The first-order chi connectivity index (χ1) is 8.74. The van der Waals surface area contributed by atoms with E-state index in [-0.39, 0.29) is 5.91 Å². The molecule has 1 amide bonds. The SMILES string of the molecule is Cc1ccn2cc(C(=O)N3CCOCC3)nc2c1. The Bertz CT molecular complexity index is 585. The Balaban J connectivity index is 1.91. The Labute approximate surface area is 105 Å². The molecule has 1 aliphatic rings. The molecule has 2 aromatic heterocycles. The molecule has 0 N–H and O–H groups in total. The van der Waals surface area contributed by atoms with Crippen molar-refractivity contribution in [3.63, 3.8) is 0 Å². The summed E-state index contributed by atoms with van der Waals surface area (Å²) in [7, 11) is 0. The molecule has 5 nitrogen and oxygen atoms in total. The molecule has 0 aliphatic carbocycles. The van der Waals surface area contributed by atoms with E-state index in [1.165, 1.54) is 0 Å². The average molecular weight is 245 g/mol. The Morgan fingerprint density at radius 1 is 1.39 bits per heavy atom. The summed E-state index contributed by atoms with van der Waals surface area (Å²) in [5.74, 6) is -0.0142. The number of fused-ring (bicyclic) bond motifs is 1. The van der Waals surface area contributed by atoms with Gasteiger partial charge in [-0.15, -0.1) is 0 Å². The van der Waals surface area contributed by atoms with Gasteiger partial charge >= 0.3 is 0 Å². The summed E-state index contributed by atoms with van der Waals surface area (Å²) in [6.07, 6.45) is 3.71. The fourth-order valence-corrected chi connectivity index (χ4v) is 2.12. The van der Waals surface area contributed by atoms with Crippen LogP contribution in [0.25, 0.3) is 5.65 Å². The van der Waals surface area contributed by atoms with Crippen LogP contribution in [0, 0.1) is 6.92 Å². The van der Waals surface area contributed by atoms with E-state index in [0.717, 1.165) is 11.2 Å². The Kier molecular flexibility index (Phi) is 2.76. The van der Waals surface area contributed by atoms with Crippen LogP contribution in [-0.2, 0) is 4.74 Å². The van der Waals surface area contributed by atoms with Crippen LogP contribution in [0.1, 0.15) is 16.1 Å². The molecular formula is C13H15N3O2. The van der Waals surface area contributed by atoms with Crippen LogP contribution in [0.2, 0.25) is 0 Å². The molecule has 0 radical (unpaired) electrons. The third-order valence-corrected chi connectivity index (χ3v) is 3.13. The minimum atomic E-state index is -0.0142. The number of ether oxygens (including phenoxy) is 1. The number of imidazole rings is 1. The van der Waals surface area contributed by atoms with Crippen LogP contribution in [0.4, 0.5) is 0 Å². The number of hydrogen-bond acceptors (Lipinski definition) is 3. The maximum absolute atomic E-state index is 12.2. The Morgan fingerprint density at radius 2 is 2.17 bits per heavy atom. The van der Waals surface area contributed by atoms with Crippen molar-refractivity contribution >= 4 is 11.6 Å². The van der Waals surface area contributed by atoms with Crippen molar-refractivity contribution < 1.29 is 9.53 Å². The number of aryl methyl sites for hydroxylation is 1. The highest BCUT2D eigenvalue weighted by Gasteiger charge is 2.20. The van der Waals surface area contributed by atoms with Crippen LogP contribution in [-0.4, -0.2) is 46.5 Å². The standard InChI is InChI=1S/C13H15N3O2/c1-10-2-3-16-9-11(14-12(16)8-10)13(17)15-4-6-18-7-5-15/h2-3,8-9H,4-7H2,1H3. The molecule has 18 heavy (non-hydrogen) atoms. The number of morpholine rings is 1. The molecular weight excluding hydrogens is 230 g/mol. The zero-order valence-corrected chi connectivity index (χ0v) is 10.3. The van der Waals surface area contributed by atoms with Gasteiger partial charge in [0.1, 0.15) is 11.3 Å². The zero-order valence-electron chi connectivity index (χ0n) is 10.3. The molecule has 1 saturated heterocycles. The summed E-state index contributed by atoms with van der Waals surface area (Å²) in [4.78, 5) is 18.4. The van der Waals surface area contributed by atoms with Crippen LogP contribution >= 0.6 is 0 Å². The van der Waals surface area contributed by atoms with Crippen molar-refractivity contribution in [3.05, 3.63) is 35.8 Å². The van der Waals surface area contributed by atoms with Gasteiger partial charge in [-0.2, -0.15) is 0 Å². The smallest absolute Gasteiger partial charge is 0.274 e. The fourth-order valence-electron chi connectivity index (χ4n) is 2.12. The normalized spacial score (nSPS) is 16.2. The van der Waals surface area contributed by atoms with Gasteiger partial charge in [0.2, 0.25) is 0 Å². The molecule has 94 valence electrons. The number of nitrogens with zero attached hydrogens (tertiary/aromatic N) is 3. The summed E-state index contributed by atoms with van der Waals surface area (Å²) in [5, 5.41) is 0. The average Bonchev–Trinajstić information content (AvgIpc) is 2.81. The van der Waals surface area contributed by atoms with E-state index < -0.39 is 0 Å². The molecule has 5 heteroatoms. The van der Waals surface area contributed by atoms with Gasteiger partial charge in [0.15, 0.2) is 0 Å². The predicted octanol–water partition coefficient (Wildman–Crippen LogP) is 1.12. The number of carbonyl (C=O) groups excluding carboxylic acids is 1. The molecule has 2 aromatic rings. The molecule has 1 fully saturated rings. The van der Waals surface area contributed by atoms with Gasteiger partial charge in [-0.3, -0.25) is 4.79 Å². The van der Waals surface area contributed by atoms with Crippen LogP contribution < -0.4 is 0 Å². The van der Waals surface area contributed by atoms with Crippen LogP contribution in [0.5, 0.6) is 0 Å². The zero-order chi connectivity index (χ0) is 12.5. The van der Waals surface area contributed by atoms with E-state index in [4.69, 9.17) is 4.74 Å². The van der Waals surface area contributed by atoms with Crippen LogP contribution in [0.15, 0.2) is 24.5 Å². The monoisotopic (exact) mass is 245 g/mol. The van der Waals surface area contributed by atoms with Crippen molar-refractivity contribution in [3.8, 4) is 0 Å². The Hall–Kier alpha value is -1.88. The summed E-state index contributed by atoms with van der Waals surface area (Å²) in [6.45, 7) is 4.52. The summed E-state index contributed by atoms with van der Waals surface area (Å²) in [5.41, 5.74) is 2.45. The molecule has 0 unspecified atom stereocenters. The number of pyridine rings is 1. The number of carbonyl (C=O) groups is 1. The van der Waals surface area contributed by atoms with Crippen molar-refractivity contribution in [1.82, 2.24) is 14.3 Å². The van der Waals surface area contributed by atoms with E-state index in [2.05, 4.69) is 4.98 Å². The molecule has 0 bridgehead atoms. The second-order valence-corrected chi connectivity index (χ2v) is 4.50. The number of amides is 1. The van der Waals surface area contributed by atoms with Crippen molar-refractivity contribution in [2.45, 2.75) is 6.92 Å². The molecule has 1 aliphatic heterocycles. The molecule has 3 heterocycles. The quantitative estimate of drug-likeness (QED) is 0.756. The lowest BCUT2D eigenvalue weighted by Gasteiger charge is -2.25. The lowest BCUT2D eigenvalue weighted by molar-refractivity contribution is 0.0299. The Morgan fingerprint density at radius 3 is 2.94 bits per heavy atom. The second kappa shape index (κ2) is 4.42.